The summed E-state index contributed by atoms with van der Waals surface area (Å²) in [6.45, 7) is 1.72. The fourth-order valence-electron chi connectivity index (χ4n) is 2.83. The van der Waals surface area contributed by atoms with Crippen molar-refractivity contribution in [2.75, 3.05) is 23.0 Å². The van der Waals surface area contributed by atoms with Gasteiger partial charge in [0, 0.05) is 25.1 Å². The minimum Gasteiger partial charge on any atom is -0.303 e. The van der Waals surface area contributed by atoms with Crippen molar-refractivity contribution < 1.29 is 22.0 Å². The van der Waals surface area contributed by atoms with Gasteiger partial charge in [-0.2, -0.15) is 5.10 Å². The number of rotatable bonds is 8. The van der Waals surface area contributed by atoms with Gasteiger partial charge in [0.15, 0.2) is 15.0 Å². The molecule has 29 heavy (non-hydrogen) atoms. The van der Waals surface area contributed by atoms with Gasteiger partial charge in [-0.25, -0.2) is 21.9 Å². The molecule has 1 aliphatic rings. The lowest BCUT2D eigenvalue weighted by Gasteiger charge is -2.19. The summed E-state index contributed by atoms with van der Waals surface area (Å²) in [4.78, 5) is 17.7. The van der Waals surface area contributed by atoms with Gasteiger partial charge in [-0.05, 0) is 19.1 Å². The number of alkyl halides is 2. The summed E-state index contributed by atoms with van der Waals surface area (Å²) in [7, 11) is -4.02. The maximum atomic E-state index is 13.0. The molecule has 1 aliphatic carbocycles. The van der Waals surface area contributed by atoms with E-state index < -0.39 is 51.2 Å². The third kappa shape index (κ3) is 4.78. The van der Waals surface area contributed by atoms with Crippen molar-refractivity contribution in [1.82, 2.24) is 14.8 Å². The number of halogens is 3. The molecule has 2 aromatic rings. The highest BCUT2D eigenvalue weighted by Gasteiger charge is 2.58. The third-order valence-electron chi connectivity index (χ3n) is 4.45. The van der Waals surface area contributed by atoms with Gasteiger partial charge in [0.25, 0.3) is 11.8 Å². The summed E-state index contributed by atoms with van der Waals surface area (Å²) in [5, 5.41) is 12.0. The predicted octanol–water partition coefficient (Wildman–Crippen LogP) is 2.36. The highest BCUT2D eigenvalue weighted by atomic mass is 35.5. The van der Waals surface area contributed by atoms with Crippen molar-refractivity contribution in [2.45, 2.75) is 19.3 Å². The Labute approximate surface area is 170 Å². The second-order valence-corrected chi connectivity index (χ2v) is 9.17. The molecular formula is C17H18ClF2N5O3S. The Morgan fingerprint density at radius 1 is 1.48 bits per heavy atom. The summed E-state index contributed by atoms with van der Waals surface area (Å²) in [6, 6.07) is 3.41. The van der Waals surface area contributed by atoms with E-state index in [1.807, 2.05) is 0 Å². The molecule has 1 saturated carbocycles. The van der Waals surface area contributed by atoms with Crippen LogP contribution in [-0.2, 0) is 14.6 Å². The molecule has 2 heterocycles. The maximum absolute atomic E-state index is 13.0. The molecular weight excluding hydrogens is 428 g/mol. The first-order valence-electron chi connectivity index (χ1n) is 8.67. The number of nitrogens with zero attached hydrogens (tertiary/aromatic N) is 4. The van der Waals surface area contributed by atoms with Crippen LogP contribution in [0.2, 0.25) is 5.15 Å². The van der Waals surface area contributed by atoms with Crippen LogP contribution in [0.3, 0.4) is 0 Å². The average molecular weight is 446 g/mol. The van der Waals surface area contributed by atoms with Gasteiger partial charge >= 0.3 is 0 Å². The van der Waals surface area contributed by atoms with Crippen molar-refractivity contribution in [2.24, 2.45) is 5.92 Å². The summed E-state index contributed by atoms with van der Waals surface area (Å²) in [6.07, 6.45) is 4.09. The van der Waals surface area contributed by atoms with E-state index >= 15 is 0 Å². The van der Waals surface area contributed by atoms with Gasteiger partial charge in [0.1, 0.15) is 11.4 Å². The second-order valence-electron chi connectivity index (χ2n) is 6.71. The SMILES string of the molecule is CCN(C(=O)C(=N)CS(=O)(=O)CC1CC1(F)F)c1cn(-c2cccnc2)nc1Cl. The first-order chi connectivity index (χ1) is 13.5. The zero-order valence-corrected chi connectivity index (χ0v) is 16.9. The molecule has 1 atom stereocenters. The fraction of sp³-hybridized carbons (Fsp3) is 0.412. The number of amides is 1. The Kier molecular flexibility index (Phi) is 5.72. The van der Waals surface area contributed by atoms with Gasteiger partial charge in [-0.3, -0.25) is 15.2 Å². The summed E-state index contributed by atoms with van der Waals surface area (Å²) >= 11 is 6.14. The number of hydrogen-bond donors (Lipinski definition) is 1. The number of nitrogens with one attached hydrogen (secondary N) is 1. The second kappa shape index (κ2) is 7.79. The number of carbonyl (C=O) groups is 1. The van der Waals surface area contributed by atoms with E-state index in [1.165, 1.54) is 17.1 Å². The number of sulfone groups is 1. The van der Waals surface area contributed by atoms with Gasteiger partial charge in [-0.15, -0.1) is 0 Å². The van der Waals surface area contributed by atoms with E-state index in [0.29, 0.717) is 5.69 Å². The topological polar surface area (TPSA) is 109 Å². The minimum atomic E-state index is -4.02. The van der Waals surface area contributed by atoms with Crippen LogP contribution in [0, 0.1) is 11.3 Å². The Morgan fingerprint density at radius 2 is 2.17 bits per heavy atom. The van der Waals surface area contributed by atoms with Crippen LogP contribution in [0.5, 0.6) is 0 Å². The van der Waals surface area contributed by atoms with Crippen LogP contribution in [0.15, 0.2) is 30.7 Å². The Hall–Kier alpha value is -2.40. The van der Waals surface area contributed by atoms with Crippen LogP contribution in [0.25, 0.3) is 5.69 Å². The lowest BCUT2D eigenvalue weighted by molar-refractivity contribution is -0.112. The van der Waals surface area contributed by atoms with Crippen LogP contribution in [0.4, 0.5) is 14.5 Å². The normalized spacial score (nSPS) is 17.7. The standard InChI is InChI=1S/C17H18ClF2N5O3S/c1-2-24(14-8-25(23-15(14)18)12-4-3-5-22-7-12)16(26)13(21)10-29(27,28)9-11-6-17(11,19)20/h3-5,7-8,11,21H,2,6,9-10H2,1H3. The molecule has 0 aromatic carbocycles. The summed E-state index contributed by atoms with van der Waals surface area (Å²) < 4.78 is 51.6. The van der Waals surface area contributed by atoms with Crippen molar-refractivity contribution in [1.29, 1.82) is 5.41 Å². The maximum Gasteiger partial charge on any atom is 0.273 e. The number of hydrogen-bond acceptors (Lipinski definition) is 6. The molecule has 2 aromatic heterocycles. The van der Waals surface area contributed by atoms with E-state index in [2.05, 4.69) is 10.1 Å². The summed E-state index contributed by atoms with van der Waals surface area (Å²) in [5.74, 6) is -6.77. The lowest BCUT2D eigenvalue weighted by Crippen LogP contribution is -2.39. The predicted molar refractivity (Wildman–Crippen MR) is 104 cm³/mol. The van der Waals surface area contributed by atoms with Crippen LogP contribution in [-0.4, -0.2) is 58.8 Å². The van der Waals surface area contributed by atoms with Gasteiger partial charge < -0.3 is 4.90 Å². The van der Waals surface area contributed by atoms with Crippen LogP contribution < -0.4 is 4.90 Å². The van der Waals surface area contributed by atoms with Gasteiger partial charge in [0.2, 0.25) is 0 Å². The smallest absolute Gasteiger partial charge is 0.273 e. The monoisotopic (exact) mass is 445 g/mol. The van der Waals surface area contributed by atoms with E-state index in [1.54, 1.807) is 25.3 Å². The number of carbonyl (C=O) groups excluding carboxylic acids is 1. The highest BCUT2D eigenvalue weighted by Crippen LogP contribution is 2.49. The Balaban J connectivity index is 1.75. The Morgan fingerprint density at radius 3 is 2.72 bits per heavy atom. The molecule has 0 saturated heterocycles. The quantitative estimate of drug-likeness (QED) is 0.627. The Bertz CT molecular complexity index is 1040. The van der Waals surface area contributed by atoms with Crippen LogP contribution in [0.1, 0.15) is 13.3 Å². The number of pyridine rings is 1. The molecule has 1 N–H and O–H groups in total. The van der Waals surface area contributed by atoms with Crippen molar-refractivity contribution in [3.05, 3.63) is 35.9 Å². The molecule has 1 amide bonds. The van der Waals surface area contributed by atoms with E-state index in [9.17, 15) is 22.0 Å². The van der Waals surface area contributed by atoms with Crippen molar-refractivity contribution in [3.63, 3.8) is 0 Å². The first-order valence-corrected chi connectivity index (χ1v) is 10.9. The molecule has 0 spiro atoms. The molecule has 156 valence electrons. The average Bonchev–Trinajstić information content (AvgIpc) is 3.05. The molecule has 0 radical (unpaired) electrons. The molecule has 12 heteroatoms. The van der Waals surface area contributed by atoms with Crippen LogP contribution >= 0.6 is 11.6 Å². The lowest BCUT2D eigenvalue weighted by atomic mass is 10.3. The molecule has 0 bridgehead atoms. The van der Waals surface area contributed by atoms with Crippen molar-refractivity contribution in [3.8, 4) is 5.69 Å². The largest absolute Gasteiger partial charge is 0.303 e. The van der Waals surface area contributed by atoms with E-state index in [0.717, 1.165) is 4.90 Å². The number of anilines is 1. The van der Waals surface area contributed by atoms with Gasteiger partial charge in [0.05, 0.1) is 29.6 Å². The zero-order chi connectivity index (χ0) is 21.4. The minimum absolute atomic E-state index is 0.0164. The molecule has 8 nitrogen and oxygen atoms in total. The third-order valence-corrected chi connectivity index (χ3v) is 6.36. The van der Waals surface area contributed by atoms with E-state index in [4.69, 9.17) is 17.0 Å². The summed E-state index contributed by atoms with van der Waals surface area (Å²) in [5.41, 5.74) is 0.0621. The fourth-order valence-corrected chi connectivity index (χ4v) is 4.72. The molecule has 3 rings (SSSR count). The first kappa shape index (κ1) is 21.3. The van der Waals surface area contributed by atoms with Crippen molar-refractivity contribution >= 4 is 38.7 Å². The zero-order valence-electron chi connectivity index (χ0n) is 15.3. The molecule has 1 unspecified atom stereocenters. The molecule has 1 fully saturated rings. The number of aromatic nitrogens is 3. The highest BCUT2D eigenvalue weighted by molar-refractivity contribution is 7.92. The van der Waals surface area contributed by atoms with Gasteiger partial charge in [-0.1, -0.05) is 11.6 Å². The van der Waals surface area contributed by atoms with E-state index in [-0.39, 0.29) is 17.4 Å². The molecule has 0 aliphatic heterocycles.